The summed E-state index contributed by atoms with van der Waals surface area (Å²) in [7, 11) is 0. The first-order valence-corrected chi connectivity index (χ1v) is 9.58. The average molecular weight is 364 g/mol. The van der Waals surface area contributed by atoms with Crippen LogP contribution in [-0.4, -0.2) is 15.9 Å². The maximum atomic E-state index is 12.1. The van der Waals surface area contributed by atoms with Gasteiger partial charge in [-0.15, -0.1) is 11.3 Å². The standard InChI is InChI=1S/C20H20N4OS/c1-13-11-18(24-20(21-13)14-4-5-14)22-15-6-8-16(9-7-15)23-19(25)12-17-3-2-10-26-17/h2-3,6-11,14H,4-5,12H2,1H3,(H,23,25)(H,21,22,24). The number of aryl methyl sites for hydroxylation is 1. The van der Waals surface area contributed by atoms with Crippen molar-refractivity contribution in [2.45, 2.75) is 32.1 Å². The van der Waals surface area contributed by atoms with Gasteiger partial charge in [0.05, 0.1) is 6.42 Å². The lowest BCUT2D eigenvalue weighted by Gasteiger charge is -2.10. The van der Waals surface area contributed by atoms with Crippen LogP contribution >= 0.6 is 11.3 Å². The molecule has 5 nitrogen and oxygen atoms in total. The molecule has 6 heteroatoms. The van der Waals surface area contributed by atoms with E-state index in [0.717, 1.165) is 33.6 Å². The minimum atomic E-state index is -0.00587. The van der Waals surface area contributed by atoms with Gasteiger partial charge in [-0.25, -0.2) is 9.97 Å². The van der Waals surface area contributed by atoms with Gasteiger partial charge < -0.3 is 10.6 Å². The maximum Gasteiger partial charge on any atom is 0.229 e. The molecule has 2 aromatic heterocycles. The van der Waals surface area contributed by atoms with Gasteiger partial charge in [0.2, 0.25) is 5.91 Å². The molecule has 0 atom stereocenters. The number of benzene rings is 1. The van der Waals surface area contributed by atoms with Crippen LogP contribution in [0.15, 0.2) is 47.8 Å². The van der Waals surface area contributed by atoms with Crippen LogP contribution in [-0.2, 0) is 11.2 Å². The molecule has 2 heterocycles. The van der Waals surface area contributed by atoms with E-state index in [1.54, 1.807) is 11.3 Å². The quantitative estimate of drug-likeness (QED) is 0.668. The van der Waals surface area contributed by atoms with E-state index in [1.807, 2.05) is 54.8 Å². The molecule has 2 N–H and O–H groups in total. The minimum Gasteiger partial charge on any atom is -0.340 e. The van der Waals surface area contributed by atoms with Gasteiger partial charge in [0.15, 0.2) is 0 Å². The molecule has 1 fully saturated rings. The number of hydrogen-bond acceptors (Lipinski definition) is 5. The molecule has 0 bridgehead atoms. The fraction of sp³-hybridized carbons (Fsp3) is 0.250. The Labute approximate surface area is 156 Å². The van der Waals surface area contributed by atoms with Crippen molar-refractivity contribution in [3.8, 4) is 0 Å². The number of anilines is 3. The van der Waals surface area contributed by atoms with Crippen LogP contribution in [0, 0.1) is 6.92 Å². The molecule has 132 valence electrons. The predicted octanol–water partition coefficient (Wildman–Crippen LogP) is 4.65. The third kappa shape index (κ3) is 4.26. The molecule has 3 aromatic rings. The number of amides is 1. The molecule has 26 heavy (non-hydrogen) atoms. The van der Waals surface area contributed by atoms with Crippen molar-refractivity contribution in [1.82, 2.24) is 9.97 Å². The lowest BCUT2D eigenvalue weighted by atomic mass is 10.2. The van der Waals surface area contributed by atoms with Crippen molar-refractivity contribution < 1.29 is 4.79 Å². The van der Waals surface area contributed by atoms with Crippen LogP contribution in [0.5, 0.6) is 0 Å². The monoisotopic (exact) mass is 364 g/mol. The number of carbonyl (C=O) groups excluding carboxylic acids is 1. The van der Waals surface area contributed by atoms with Crippen molar-refractivity contribution in [1.29, 1.82) is 0 Å². The van der Waals surface area contributed by atoms with Gasteiger partial charge in [0, 0.05) is 33.9 Å². The Morgan fingerprint density at radius 3 is 2.62 bits per heavy atom. The lowest BCUT2D eigenvalue weighted by Crippen LogP contribution is -2.13. The Morgan fingerprint density at radius 1 is 1.15 bits per heavy atom. The number of nitrogens with one attached hydrogen (secondary N) is 2. The number of rotatable bonds is 6. The Kier molecular flexibility index (Phi) is 4.67. The van der Waals surface area contributed by atoms with Crippen LogP contribution in [0.3, 0.4) is 0 Å². The van der Waals surface area contributed by atoms with E-state index in [0.29, 0.717) is 12.3 Å². The topological polar surface area (TPSA) is 66.9 Å². The molecular weight excluding hydrogens is 344 g/mol. The molecule has 1 aromatic carbocycles. The molecule has 4 rings (SSSR count). The van der Waals surface area contributed by atoms with Crippen LogP contribution < -0.4 is 10.6 Å². The SMILES string of the molecule is Cc1cc(Nc2ccc(NC(=O)Cc3cccs3)cc2)nc(C2CC2)n1. The summed E-state index contributed by atoms with van der Waals surface area (Å²) >= 11 is 1.59. The Balaban J connectivity index is 1.39. The molecule has 0 saturated heterocycles. The van der Waals surface area contributed by atoms with E-state index in [4.69, 9.17) is 0 Å². The van der Waals surface area contributed by atoms with E-state index in [9.17, 15) is 4.79 Å². The van der Waals surface area contributed by atoms with Gasteiger partial charge in [-0.2, -0.15) is 0 Å². The van der Waals surface area contributed by atoms with Crippen LogP contribution in [0.25, 0.3) is 0 Å². The first kappa shape index (κ1) is 16.7. The van der Waals surface area contributed by atoms with Gasteiger partial charge in [-0.1, -0.05) is 6.07 Å². The molecule has 0 unspecified atom stereocenters. The summed E-state index contributed by atoms with van der Waals surface area (Å²) in [5.41, 5.74) is 2.69. The van der Waals surface area contributed by atoms with Crippen LogP contribution in [0.4, 0.5) is 17.2 Å². The molecule has 0 aliphatic heterocycles. The normalized spacial score (nSPS) is 13.4. The molecule has 0 spiro atoms. The van der Waals surface area contributed by atoms with Gasteiger partial charge in [-0.3, -0.25) is 4.79 Å². The van der Waals surface area contributed by atoms with Crippen molar-refractivity contribution in [2.24, 2.45) is 0 Å². The Morgan fingerprint density at radius 2 is 1.92 bits per heavy atom. The molecular formula is C20H20N4OS. The number of thiophene rings is 1. The highest BCUT2D eigenvalue weighted by Crippen LogP contribution is 2.38. The number of nitrogens with zero attached hydrogens (tertiary/aromatic N) is 2. The van der Waals surface area contributed by atoms with Gasteiger partial charge in [-0.05, 0) is 55.5 Å². The highest BCUT2D eigenvalue weighted by molar-refractivity contribution is 7.10. The molecule has 1 aliphatic carbocycles. The summed E-state index contributed by atoms with van der Waals surface area (Å²) < 4.78 is 0. The Bertz CT molecular complexity index is 902. The number of aromatic nitrogens is 2. The average Bonchev–Trinajstić information content (AvgIpc) is 3.34. The van der Waals surface area contributed by atoms with Gasteiger partial charge in [0.25, 0.3) is 0 Å². The van der Waals surface area contributed by atoms with Gasteiger partial charge in [0.1, 0.15) is 11.6 Å². The van der Waals surface area contributed by atoms with E-state index in [1.165, 1.54) is 12.8 Å². The second-order valence-corrected chi connectivity index (χ2v) is 7.57. The fourth-order valence-corrected chi connectivity index (χ4v) is 3.44. The van der Waals surface area contributed by atoms with E-state index >= 15 is 0 Å². The summed E-state index contributed by atoms with van der Waals surface area (Å²) in [6.45, 7) is 1.99. The second-order valence-electron chi connectivity index (χ2n) is 6.53. The predicted molar refractivity (Wildman–Crippen MR) is 105 cm³/mol. The summed E-state index contributed by atoms with van der Waals surface area (Å²) in [6, 6.07) is 13.5. The van der Waals surface area contributed by atoms with Crippen LogP contribution in [0.1, 0.15) is 35.2 Å². The number of hydrogen-bond donors (Lipinski definition) is 2. The highest BCUT2D eigenvalue weighted by atomic mass is 32.1. The van der Waals surface area contributed by atoms with E-state index < -0.39 is 0 Å². The fourth-order valence-electron chi connectivity index (χ4n) is 2.74. The van der Waals surface area contributed by atoms with Gasteiger partial charge >= 0.3 is 0 Å². The first-order valence-electron chi connectivity index (χ1n) is 8.70. The summed E-state index contributed by atoms with van der Waals surface area (Å²) in [5.74, 6) is 2.27. The van der Waals surface area contributed by atoms with Crippen molar-refractivity contribution in [3.63, 3.8) is 0 Å². The van der Waals surface area contributed by atoms with E-state index in [2.05, 4.69) is 20.6 Å². The molecule has 1 aliphatic rings. The smallest absolute Gasteiger partial charge is 0.229 e. The maximum absolute atomic E-state index is 12.1. The highest BCUT2D eigenvalue weighted by Gasteiger charge is 2.27. The van der Waals surface area contributed by atoms with Crippen LogP contribution in [0.2, 0.25) is 0 Å². The molecule has 1 amide bonds. The molecule has 1 saturated carbocycles. The largest absolute Gasteiger partial charge is 0.340 e. The van der Waals surface area contributed by atoms with Crippen molar-refractivity contribution in [2.75, 3.05) is 10.6 Å². The molecule has 0 radical (unpaired) electrons. The summed E-state index contributed by atoms with van der Waals surface area (Å²) in [4.78, 5) is 22.3. The first-order chi connectivity index (χ1) is 12.7. The van der Waals surface area contributed by atoms with Crippen molar-refractivity contribution in [3.05, 3.63) is 64.2 Å². The number of carbonyl (C=O) groups is 1. The zero-order valence-corrected chi connectivity index (χ0v) is 15.3. The summed E-state index contributed by atoms with van der Waals surface area (Å²) in [5, 5.41) is 8.23. The third-order valence-corrected chi connectivity index (χ3v) is 5.05. The van der Waals surface area contributed by atoms with E-state index in [-0.39, 0.29) is 5.91 Å². The zero-order valence-electron chi connectivity index (χ0n) is 14.5. The summed E-state index contributed by atoms with van der Waals surface area (Å²) in [6.07, 6.45) is 2.77. The minimum absolute atomic E-state index is 0.00587. The lowest BCUT2D eigenvalue weighted by molar-refractivity contribution is -0.115. The zero-order chi connectivity index (χ0) is 17.9. The third-order valence-electron chi connectivity index (χ3n) is 4.17. The second kappa shape index (κ2) is 7.25. The van der Waals surface area contributed by atoms with Crippen molar-refractivity contribution >= 4 is 34.4 Å². The Hall–Kier alpha value is -2.73.